The molecule has 1 fully saturated rings. The molecule has 65 heavy (non-hydrogen) atoms. The number of hydrogen-bond acceptors (Lipinski definition) is 7. The molecule has 0 unspecified atom stereocenters. The lowest BCUT2D eigenvalue weighted by Gasteiger charge is -2.39. The number of ether oxygens (including phenoxy) is 1. The number of aryl methyl sites for hydroxylation is 2. The topological polar surface area (TPSA) is 110 Å². The summed E-state index contributed by atoms with van der Waals surface area (Å²) in [6.45, 7) is 19.9. The molecule has 0 aromatic heterocycles. The highest BCUT2D eigenvalue weighted by molar-refractivity contribution is 7.92. The minimum absolute atomic E-state index is 0.0164. The fourth-order valence-electron chi connectivity index (χ4n) is 8.11. The molecule has 0 amide bonds. The Bertz CT molecular complexity index is 2520. The number of hydrogen-bond donors (Lipinski definition) is 0. The Kier molecular flexibility index (Phi) is 15.8. The minimum Gasteiger partial charge on any atom is -0.454 e. The van der Waals surface area contributed by atoms with Crippen molar-refractivity contribution in [3.8, 4) is 0 Å². The highest BCUT2D eigenvalue weighted by atomic mass is 32.2. The molecule has 1 aliphatic heterocycles. The van der Waals surface area contributed by atoms with Gasteiger partial charge in [0.15, 0.2) is 8.32 Å². The Morgan fingerprint density at radius 1 is 0.708 bits per heavy atom. The van der Waals surface area contributed by atoms with E-state index in [1.165, 1.54) is 8.43 Å². The summed E-state index contributed by atoms with van der Waals surface area (Å²) in [4.78, 5) is 14.0. The van der Waals surface area contributed by atoms with Crippen molar-refractivity contribution in [2.24, 2.45) is 0 Å². The van der Waals surface area contributed by atoms with Gasteiger partial charge in [-0.3, -0.25) is 0 Å². The van der Waals surface area contributed by atoms with Crippen LogP contribution < -0.4 is 0 Å². The van der Waals surface area contributed by atoms with E-state index in [2.05, 4.69) is 46.5 Å². The first-order valence-corrected chi connectivity index (χ1v) is 28.1. The lowest BCUT2D eigenvalue weighted by Crippen LogP contribution is -2.50. The molecule has 0 N–H and O–H groups in total. The molecule has 6 rings (SSSR count). The average molecular weight is 931 g/mol. The van der Waals surface area contributed by atoms with Crippen LogP contribution in [-0.4, -0.2) is 58.7 Å². The molecule has 1 heterocycles. The zero-order valence-electron chi connectivity index (χ0n) is 38.9. The van der Waals surface area contributed by atoms with Crippen LogP contribution in [0.15, 0.2) is 174 Å². The Morgan fingerprint density at radius 2 is 1.14 bits per heavy atom. The average Bonchev–Trinajstić information content (AvgIpc) is 3.63. The fraction of sp³-hybridized carbons (Fsp3) is 0.327. The van der Waals surface area contributed by atoms with E-state index in [0.29, 0.717) is 41.5 Å². The van der Waals surface area contributed by atoms with Gasteiger partial charge in [-0.2, -0.15) is 0 Å². The maximum absolute atomic E-state index is 15.6. The zero-order valence-corrected chi connectivity index (χ0v) is 41.6. The molecular weight excluding hydrogens is 868 g/mol. The Morgan fingerprint density at radius 3 is 1.55 bits per heavy atom. The highest BCUT2D eigenvalue weighted by Crippen LogP contribution is 2.52. The first-order chi connectivity index (χ1) is 30.8. The predicted octanol–water partition coefficient (Wildman–Crippen LogP) is 11.9. The van der Waals surface area contributed by atoms with Crippen LogP contribution in [-0.2, 0) is 29.2 Å². The molecule has 0 aliphatic carbocycles. The normalized spacial score (nSPS) is 17.6. The summed E-state index contributed by atoms with van der Waals surface area (Å²) >= 11 is 0. The Labute approximate surface area is 389 Å². The van der Waals surface area contributed by atoms with Crippen LogP contribution in [0.4, 0.5) is 0 Å². The standard InChI is InChI=1S/C52H63BN2O7S2Si/c1-10-11-27-45(62-65(8,9)52(5,6)7)32-37-48(61-51(56)44-25-19-14-20-26-44)41(4)38-53-54(63(57,58)46-33-28-39(2)29-34-46)49(42-21-15-12-16-22-42)50(43-23-17-13-18-24-43)55(53)64(59,60)47-35-30-40(3)31-36-47/h10-26,28-31,33-36,45,48-50H,4,27,32,37-38H2,1-3,5-9H3/b11-10+/t45-,48+,49-,50-/m1/s1. The Hall–Kier alpha value is -4.89. The molecule has 1 aliphatic rings. The van der Waals surface area contributed by atoms with Crippen LogP contribution >= 0.6 is 0 Å². The lowest BCUT2D eigenvalue weighted by molar-refractivity contribution is 0.0327. The van der Waals surface area contributed by atoms with Crippen LogP contribution in [0.25, 0.3) is 0 Å². The number of esters is 1. The smallest absolute Gasteiger partial charge is 0.347 e. The monoisotopic (exact) mass is 930 g/mol. The summed E-state index contributed by atoms with van der Waals surface area (Å²) in [6.07, 6.45) is 4.13. The zero-order chi connectivity index (χ0) is 47.2. The SMILES string of the molecule is C=C(CB1N(S(=O)(=O)c2ccc(C)cc2)[C@H](c2ccccc2)[C@@H](c2ccccc2)N1S(=O)(=O)c1ccc(C)cc1)[C@H](CC[C@@H](C/C=C/C)O[Si](C)(C)C(C)(C)C)OC(=O)c1ccccc1. The third kappa shape index (κ3) is 11.4. The third-order valence-corrected chi connectivity index (χ3v) is 21.0. The summed E-state index contributed by atoms with van der Waals surface area (Å²) < 4.78 is 78.4. The van der Waals surface area contributed by atoms with E-state index >= 15 is 16.8 Å². The van der Waals surface area contributed by atoms with Crippen LogP contribution in [0.5, 0.6) is 0 Å². The van der Waals surface area contributed by atoms with E-state index in [0.717, 1.165) is 11.1 Å². The summed E-state index contributed by atoms with van der Waals surface area (Å²) in [6, 6.07) is 38.2. The summed E-state index contributed by atoms with van der Waals surface area (Å²) in [5, 5.41) is -0.0597. The van der Waals surface area contributed by atoms with Gasteiger partial charge in [0.2, 0.25) is 20.0 Å². The maximum atomic E-state index is 15.6. The first kappa shape index (κ1) is 49.5. The van der Waals surface area contributed by atoms with E-state index in [9.17, 15) is 4.79 Å². The number of nitrogens with zero attached hydrogens (tertiary/aromatic N) is 2. The molecule has 13 heteroatoms. The second-order valence-corrected chi connectivity index (χ2v) is 26.9. The number of benzene rings is 5. The van der Waals surface area contributed by atoms with Crippen LogP contribution in [0.1, 0.15) is 91.7 Å². The second kappa shape index (κ2) is 20.7. The molecule has 5 aromatic carbocycles. The summed E-state index contributed by atoms with van der Waals surface area (Å²) in [5.74, 6) is -0.573. The first-order valence-electron chi connectivity index (χ1n) is 22.3. The van der Waals surface area contributed by atoms with Crippen molar-refractivity contribution in [3.05, 3.63) is 192 Å². The molecule has 342 valence electrons. The van der Waals surface area contributed by atoms with E-state index in [4.69, 9.17) is 9.16 Å². The number of sulfonamides is 2. The Balaban J connectivity index is 1.55. The van der Waals surface area contributed by atoms with Crippen molar-refractivity contribution < 1.29 is 30.8 Å². The van der Waals surface area contributed by atoms with Crippen molar-refractivity contribution in [1.82, 2.24) is 8.43 Å². The van der Waals surface area contributed by atoms with Gasteiger partial charge < -0.3 is 9.16 Å². The van der Waals surface area contributed by atoms with Crippen LogP contribution in [0.2, 0.25) is 24.5 Å². The van der Waals surface area contributed by atoms with Gasteiger partial charge in [-0.1, -0.05) is 154 Å². The van der Waals surface area contributed by atoms with Crippen molar-refractivity contribution >= 4 is 41.3 Å². The third-order valence-electron chi connectivity index (χ3n) is 12.7. The van der Waals surface area contributed by atoms with Gasteiger partial charge in [0.05, 0.1) is 27.4 Å². The van der Waals surface area contributed by atoms with Gasteiger partial charge in [0, 0.05) is 6.10 Å². The van der Waals surface area contributed by atoms with Gasteiger partial charge in [0.1, 0.15) is 6.10 Å². The van der Waals surface area contributed by atoms with Crippen LogP contribution in [0.3, 0.4) is 0 Å². The molecule has 0 radical (unpaired) electrons. The van der Waals surface area contributed by atoms with Gasteiger partial charge >= 0.3 is 13.0 Å². The fourth-order valence-corrected chi connectivity index (χ4v) is 13.1. The van der Waals surface area contributed by atoms with E-state index in [1.54, 1.807) is 72.8 Å². The summed E-state index contributed by atoms with van der Waals surface area (Å²) in [7, 11) is -11.2. The van der Waals surface area contributed by atoms with Crippen molar-refractivity contribution in [2.45, 2.75) is 119 Å². The summed E-state index contributed by atoms with van der Waals surface area (Å²) in [5.41, 5.74) is 3.66. The van der Waals surface area contributed by atoms with E-state index in [1.807, 2.05) is 93.6 Å². The molecule has 0 bridgehead atoms. The number of allylic oxidation sites excluding steroid dienone is 1. The van der Waals surface area contributed by atoms with Gasteiger partial charge in [-0.25, -0.2) is 30.1 Å². The predicted molar refractivity (Wildman–Crippen MR) is 265 cm³/mol. The van der Waals surface area contributed by atoms with Gasteiger partial charge in [-0.05, 0) is 118 Å². The molecule has 9 nitrogen and oxygen atoms in total. The van der Waals surface area contributed by atoms with Crippen molar-refractivity contribution in [3.63, 3.8) is 0 Å². The van der Waals surface area contributed by atoms with Crippen LogP contribution in [0, 0.1) is 13.8 Å². The lowest BCUT2D eigenvalue weighted by atomic mass is 9.69. The quantitative estimate of drug-likeness (QED) is 0.0489. The maximum Gasteiger partial charge on any atom is 0.347 e. The van der Waals surface area contributed by atoms with Crippen molar-refractivity contribution in [1.29, 1.82) is 0 Å². The molecular formula is C52H63BN2O7S2Si. The second-order valence-electron chi connectivity index (χ2n) is 18.5. The molecule has 0 saturated carbocycles. The van der Waals surface area contributed by atoms with E-state index in [-0.39, 0.29) is 27.3 Å². The largest absolute Gasteiger partial charge is 0.454 e. The van der Waals surface area contributed by atoms with Crippen molar-refractivity contribution in [2.75, 3.05) is 0 Å². The minimum atomic E-state index is -4.48. The molecule has 1 saturated heterocycles. The molecule has 5 aromatic rings. The number of carbonyl (C=O) groups is 1. The number of rotatable bonds is 18. The molecule has 0 spiro atoms. The van der Waals surface area contributed by atoms with E-state index < -0.39 is 59.5 Å². The number of carbonyl (C=O) groups excluding carboxylic acids is 1. The van der Waals surface area contributed by atoms with Gasteiger partial charge in [0.25, 0.3) is 0 Å². The highest BCUT2D eigenvalue weighted by Gasteiger charge is 2.60. The van der Waals surface area contributed by atoms with Gasteiger partial charge in [-0.15, -0.1) is 0 Å². The molecule has 4 atom stereocenters.